The van der Waals surface area contributed by atoms with E-state index in [0.717, 1.165) is 11.6 Å². The van der Waals surface area contributed by atoms with E-state index in [4.69, 9.17) is 4.74 Å². The third-order valence-corrected chi connectivity index (χ3v) is 4.78. The minimum absolute atomic E-state index is 0.0818. The van der Waals surface area contributed by atoms with Crippen molar-refractivity contribution in [3.05, 3.63) is 83.7 Å². The van der Waals surface area contributed by atoms with E-state index in [2.05, 4.69) is 10.3 Å². The van der Waals surface area contributed by atoms with Gasteiger partial charge in [0.1, 0.15) is 11.9 Å². The second kappa shape index (κ2) is 7.58. The van der Waals surface area contributed by atoms with Crippen molar-refractivity contribution in [3.8, 4) is 16.9 Å². The number of pyridine rings is 1. The lowest BCUT2D eigenvalue weighted by atomic mass is 9.96. The molecule has 7 heteroatoms. The van der Waals surface area contributed by atoms with Crippen molar-refractivity contribution in [2.24, 2.45) is 0 Å². The standard InChI is InChI=1S/C22H17F3N2O2/c23-22(24,25)19-7-2-1-5-17(19)18-6-3-4-15-12-16(29-20(15)18)13-27-21(28)14-8-10-26-11-9-14/h1-11,16H,12-13H2,(H,27,28)/t16-/m0/s1. The van der Waals surface area contributed by atoms with Gasteiger partial charge in [0.05, 0.1) is 12.1 Å². The molecule has 1 amide bonds. The first kappa shape index (κ1) is 19.0. The molecular formula is C22H17F3N2O2. The van der Waals surface area contributed by atoms with Gasteiger partial charge in [-0.25, -0.2) is 0 Å². The Kier molecular flexibility index (Phi) is 4.96. The molecule has 1 aliphatic rings. The molecule has 0 radical (unpaired) electrons. The molecule has 0 aliphatic carbocycles. The van der Waals surface area contributed by atoms with Gasteiger partial charge in [0.2, 0.25) is 0 Å². The van der Waals surface area contributed by atoms with Gasteiger partial charge < -0.3 is 10.1 Å². The highest BCUT2D eigenvalue weighted by Gasteiger charge is 2.35. The molecule has 0 fully saturated rings. The topological polar surface area (TPSA) is 51.2 Å². The Bertz CT molecular complexity index is 1040. The van der Waals surface area contributed by atoms with Crippen molar-refractivity contribution in [2.45, 2.75) is 18.7 Å². The average Bonchev–Trinajstić information content (AvgIpc) is 3.15. The number of amides is 1. The first-order valence-electron chi connectivity index (χ1n) is 9.07. The highest BCUT2D eigenvalue weighted by Crippen LogP contribution is 2.43. The van der Waals surface area contributed by atoms with E-state index in [-0.39, 0.29) is 24.1 Å². The van der Waals surface area contributed by atoms with Gasteiger partial charge in [0.25, 0.3) is 5.91 Å². The fraction of sp³-hybridized carbons (Fsp3) is 0.182. The lowest BCUT2D eigenvalue weighted by Crippen LogP contribution is -2.34. The van der Waals surface area contributed by atoms with Crippen molar-refractivity contribution >= 4 is 5.91 Å². The maximum Gasteiger partial charge on any atom is 0.417 e. The number of para-hydroxylation sites is 1. The van der Waals surface area contributed by atoms with Crippen LogP contribution in [0.15, 0.2) is 67.0 Å². The summed E-state index contributed by atoms with van der Waals surface area (Å²) in [5, 5.41) is 2.80. The summed E-state index contributed by atoms with van der Waals surface area (Å²) in [7, 11) is 0. The van der Waals surface area contributed by atoms with E-state index >= 15 is 0 Å². The Labute approximate surface area is 165 Å². The minimum atomic E-state index is -4.46. The summed E-state index contributed by atoms with van der Waals surface area (Å²) < 4.78 is 46.3. The molecule has 4 rings (SSSR count). The zero-order valence-electron chi connectivity index (χ0n) is 15.2. The van der Waals surface area contributed by atoms with E-state index in [1.165, 1.54) is 24.5 Å². The molecule has 3 aromatic rings. The average molecular weight is 398 g/mol. The summed E-state index contributed by atoms with van der Waals surface area (Å²) >= 11 is 0. The van der Waals surface area contributed by atoms with Crippen LogP contribution in [-0.4, -0.2) is 23.5 Å². The molecule has 0 saturated carbocycles. The zero-order valence-corrected chi connectivity index (χ0v) is 15.2. The summed E-state index contributed by atoms with van der Waals surface area (Å²) in [6, 6.07) is 13.8. The maximum atomic E-state index is 13.4. The molecule has 4 nitrogen and oxygen atoms in total. The summed E-state index contributed by atoms with van der Waals surface area (Å²) in [6.07, 6.45) is -1.25. The molecule has 148 valence electrons. The van der Waals surface area contributed by atoms with E-state index in [1.807, 2.05) is 6.07 Å². The fourth-order valence-electron chi connectivity index (χ4n) is 3.44. The quantitative estimate of drug-likeness (QED) is 0.704. The van der Waals surface area contributed by atoms with Gasteiger partial charge in [0, 0.05) is 29.9 Å². The van der Waals surface area contributed by atoms with Crippen molar-refractivity contribution in [3.63, 3.8) is 0 Å². The lowest BCUT2D eigenvalue weighted by molar-refractivity contribution is -0.137. The Hall–Kier alpha value is -3.35. The summed E-state index contributed by atoms with van der Waals surface area (Å²) in [5.41, 5.74) is 1.08. The molecule has 2 aromatic carbocycles. The lowest BCUT2D eigenvalue weighted by Gasteiger charge is -2.16. The number of benzene rings is 2. The Balaban J connectivity index is 1.54. The molecule has 1 atom stereocenters. The molecule has 0 bridgehead atoms. The Morgan fingerprint density at radius 3 is 2.52 bits per heavy atom. The number of alkyl halides is 3. The van der Waals surface area contributed by atoms with Crippen molar-refractivity contribution in [2.75, 3.05) is 6.54 Å². The largest absolute Gasteiger partial charge is 0.487 e. The number of hydrogen-bond donors (Lipinski definition) is 1. The normalized spacial score (nSPS) is 15.5. The molecule has 29 heavy (non-hydrogen) atoms. The zero-order chi connectivity index (χ0) is 20.4. The number of nitrogens with one attached hydrogen (secondary N) is 1. The second-order valence-electron chi connectivity index (χ2n) is 6.73. The van der Waals surface area contributed by atoms with Gasteiger partial charge >= 0.3 is 6.18 Å². The van der Waals surface area contributed by atoms with Gasteiger partial charge in [0.15, 0.2) is 0 Å². The van der Waals surface area contributed by atoms with Crippen LogP contribution < -0.4 is 10.1 Å². The Morgan fingerprint density at radius 2 is 1.76 bits per heavy atom. The predicted octanol–water partition coefficient (Wildman–Crippen LogP) is 4.50. The van der Waals surface area contributed by atoms with Crippen molar-refractivity contribution < 1.29 is 22.7 Å². The monoisotopic (exact) mass is 398 g/mol. The molecule has 1 N–H and O–H groups in total. The molecule has 1 aromatic heterocycles. The number of halogens is 3. The van der Waals surface area contributed by atoms with Crippen LogP contribution in [0, 0.1) is 0 Å². The fourth-order valence-corrected chi connectivity index (χ4v) is 3.44. The highest BCUT2D eigenvalue weighted by atomic mass is 19.4. The van der Waals surface area contributed by atoms with Gasteiger partial charge in [-0.2, -0.15) is 13.2 Å². The SMILES string of the molecule is O=C(NC[C@@H]1Cc2cccc(-c3ccccc3C(F)(F)F)c2O1)c1ccncc1. The van der Waals surface area contributed by atoms with Crippen LogP contribution in [0.3, 0.4) is 0 Å². The molecule has 0 unspecified atom stereocenters. The molecule has 1 aliphatic heterocycles. The summed E-state index contributed by atoms with van der Waals surface area (Å²) in [4.78, 5) is 16.1. The van der Waals surface area contributed by atoms with Gasteiger partial charge in [-0.05, 0) is 29.3 Å². The van der Waals surface area contributed by atoms with Crippen LogP contribution in [0.4, 0.5) is 13.2 Å². The minimum Gasteiger partial charge on any atom is -0.487 e. The van der Waals surface area contributed by atoms with Crippen LogP contribution in [0.5, 0.6) is 5.75 Å². The number of hydrogen-bond acceptors (Lipinski definition) is 3. The molecule has 2 heterocycles. The highest BCUT2D eigenvalue weighted by molar-refractivity contribution is 5.94. The predicted molar refractivity (Wildman–Crippen MR) is 102 cm³/mol. The summed E-state index contributed by atoms with van der Waals surface area (Å²) in [6.45, 7) is 0.246. The van der Waals surface area contributed by atoms with Gasteiger partial charge in [-0.1, -0.05) is 36.4 Å². The van der Waals surface area contributed by atoms with Crippen LogP contribution >= 0.6 is 0 Å². The van der Waals surface area contributed by atoms with Crippen LogP contribution in [0.25, 0.3) is 11.1 Å². The van der Waals surface area contributed by atoms with Crippen LogP contribution in [0.1, 0.15) is 21.5 Å². The maximum absolute atomic E-state index is 13.4. The first-order chi connectivity index (χ1) is 13.9. The third-order valence-electron chi connectivity index (χ3n) is 4.78. The smallest absolute Gasteiger partial charge is 0.417 e. The number of ether oxygens (including phenoxy) is 1. The van der Waals surface area contributed by atoms with E-state index in [1.54, 1.807) is 30.3 Å². The third kappa shape index (κ3) is 3.94. The number of carbonyl (C=O) groups is 1. The van der Waals surface area contributed by atoms with Gasteiger partial charge in [-0.15, -0.1) is 0 Å². The molecular weight excluding hydrogens is 381 g/mol. The number of rotatable bonds is 4. The number of aromatic nitrogens is 1. The van der Waals surface area contributed by atoms with Crippen molar-refractivity contribution in [1.29, 1.82) is 0 Å². The summed E-state index contributed by atoms with van der Waals surface area (Å²) in [5.74, 6) is 0.182. The number of nitrogens with zero attached hydrogens (tertiary/aromatic N) is 1. The molecule has 0 spiro atoms. The van der Waals surface area contributed by atoms with E-state index in [9.17, 15) is 18.0 Å². The van der Waals surface area contributed by atoms with Crippen LogP contribution in [-0.2, 0) is 12.6 Å². The van der Waals surface area contributed by atoms with E-state index < -0.39 is 11.7 Å². The molecule has 0 saturated heterocycles. The first-order valence-corrected chi connectivity index (χ1v) is 9.07. The number of carbonyl (C=O) groups excluding carboxylic acids is 1. The Morgan fingerprint density at radius 1 is 1.03 bits per heavy atom. The van der Waals surface area contributed by atoms with E-state index in [0.29, 0.717) is 23.3 Å². The van der Waals surface area contributed by atoms with Gasteiger partial charge in [-0.3, -0.25) is 9.78 Å². The number of fused-ring (bicyclic) bond motifs is 1. The van der Waals surface area contributed by atoms with Crippen LogP contribution in [0.2, 0.25) is 0 Å². The van der Waals surface area contributed by atoms with Crippen molar-refractivity contribution in [1.82, 2.24) is 10.3 Å². The second-order valence-corrected chi connectivity index (χ2v) is 6.73.